The fraction of sp³-hybridized carbons (Fsp3) is 0.500. The number of aliphatic hydroxyl groups is 1. The van der Waals surface area contributed by atoms with E-state index >= 15 is 0 Å². The van der Waals surface area contributed by atoms with Gasteiger partial charge in [0.1, 0.15) is 5.82 Å². The summed E-state index contributed by atoms with van der Waals surface area (Å²) >= 11 is 5.48. The summed E-state index contributed by atoms with van der Waals surface area (Å²) in [5.74, 6) is -0.271. The summed E-state index contributed by atoms with van der Waals surface area (Å²) in [6.45, 7) is 1.30. The van der Waals surface area contributed by atoms with Crippen molar-refractivity contribution in [2.75, 3.05) is 43.3 Å². The fourth-order valence-corrected chi connectivity index (χ4v) is 1.52. The van der Waals surface area contributed by atoms with Crippen LogP contribution in [0.15, 0.2) is 18.2 Å². The molecule has 0 aliphatic rings. The van der Waals surface area contributed by atoms with E-state index in [0.29, 0.717) is 24.5 Å². The van der Waals surface area contributed by atoms with Crippen molar-refractivity contribution >= 4 is 23.0 Å². The van der Waals surface area contributed by atoms with E-state index in [9.17, 15) is 9.50 Å². The maximum Gasteiger partial charge on any atom is 0.148 e. The van der Waals surface area contributed by atoms with Crippen LogP contribution in [0.25, 0.3) is 0 Å². The molecule has 1 unspecified atom stereocenters. The molecule has 1 atom stereocenters. The third-order valence-corrected chi connectivity index (χ3v) is 2.68. The third kappa shape index (κ3) is 4.68. The van der Waals surface area contributed by atoms with Crippen molar-refractivity contribution in [3.05, 3.63) is 24.0 Å². The summed E-state index contributed by atoms with van der Waals surface area (Å²) in [7, 11) is 1.60. The Hall–Kier alpha value is -1.04. The van der Waals surface area contributed by atoms with Crippen molar-refractivity contribution in [2.24, 2.45) is 0 Å². The highest BCUT2D eigenvalue weighted by atomic mass is 35.5. The molecular weight excluding hydrogens is 259 g/mol. The lowest BCUT2D eigenvalue weighted by atomic mass is 10.2. The minimum atomic E-state index is -0.710. The molecule has 0 saturated carbocycles. The highest BCUT2D eigenvalue weighted by molar-refractivity contribution is 6.18. The topological polar surface area (TPSA) is 53.5 Å². The predicted molar refractivity (Wildman–Crippen MR) is 72.0 cm³/mol. The quantitative estimate of drug-likeness (QED) is 0.501. The Bertz CT molecular complexity index is 366. The zero-order valence-electron chi connectivity index (χ0n) is 10.2. The van der Waals surface area contributed by atoms with Crippen LogP contribution in [-0.2, 0) is 4.74 Å². The monoisotopic (exact) mass is 276 g/mol. The molecule has 1 aromatic rings. The summed E-state index contributed by atoms with van der Waals surface area (Å²) < 4.78 is 18.6. The molecule has 1 aromatic carbocycles. The van der Waals surface area contributed by atoms with Gasteiger partial charge in [0, 0.05) is 20.2 Å². The number of aliphatic hydroxyl groups excluding tert-OH is 1. The van der Waals surface area contributed by atoms with E-state index < -0.39 is 6.10 Å². The first-order valence-electron chi connectivity index (χ1n) is 5.68. The summed E-state index contributed by atoms with van der Waals surface area (Å²) in [5.41, 5.74) is 0.964. The Morgan fingerprint density at radius 2 is 2.22 bits per heavy atom. The zero-order chi connectivity index (χ0) is 13.4. The van der Waals surface area contributed by atoms with Crippen LogP contribution in [0.4, 0.5) is 15.8 Å². The van der Waals surface area contributed by atoms with Crippen molar-refractivity contribution in [1.29, 1.82) is 0 Å². The average molecular weight is 277 g/mol. The van der Waals surface area contributed by atoms with Crippen LogP contribution in [0.1, 0.15) is 0 Å². The molecule has 0 radical (unpaired) electrons. The first-order valence-corrected chi connectivity index (χ1v) is 6.21. The Labute approximate surface area is 111 Å². The van der Waals surface area contributed by atoms with E-state index in [0.717, 1.165) is 0 Å². The SMILES string of the molecule is COCCNc1cccc(F)c1NCC(O)CCl. The molecule has 3 N–H and O–H groups in total. The molecule has 0 amide bonds. The number of alkyl halides is 1. The Morgan fingerprint density at radius 3 is 2.89 bits per heavy atom. The van der Waals surface area contributed by atoms with Gasteiger partial charge in [-0.2, -0.15) is 0 Å². The molecule has 0 spiro atoms. The molecule has 0 aromatic heterocycles. The summed E-state index contributed by atoms with van der Waals surface area (Å²) in [6, 6.07) is 4.73. The molecule has 0 heterocycles. The zero-order valence-corrected chi connectivity index (χ0v) is 11.0. The number of rotatable bonds is 8. The number of halogens is 2. The maximum absolute atomic E-state index is 13.7. The van der Waals surface area contributed by atoms with Gasteiger partial charge in [-0.1, -0.05) is 6.07 Å². The molecule has 0 saturated heterocycles. The van der Waals surface area contributed by atoms with Gasteiger partial charge in [-0.15, -0.1) is 11.6 Å². The van der Waals surface area contributed by atoms with Crippen molar-refractivity contribution in [3.63, 3.8) is 0 Å². The lowest BCUT2D eigenvalue weighted by Crippen LogP contribution is -2.22. The number of anilines is 2. The lowest BCUT2D eigenvalue weighted by Gasteiger charge is -2.16. The molecule has 1 rings (SSSR count). The Balaban J connectivity index is 2.67. The van der Waals surface area contributed by atoms with Gasteiger partial charge in [0.25, 0.3) is 0 Å². The molecule has 102 valence electrons. The number of hydrogen-bond acceptors (Lipinski definition) is 4. The van der Waals surface area contributed by atoms with E-state index in [4.69, 9.17) is 16.3 Å². The lowest BCUT2D eigenvalue weighted by molar-refractivity contribution is 0.210. The van der Waals surface area contributed by atoms with E-state index in [1.807, 2.05) is 0 Å². The number of ether oxygens (including phenoxy) is 1. The number of nitrogens with one attached hydrogen (secondary N) is 2. The second kappa shape index (κ2) is 8.13. The van der Waals surface area contributed by atoms with E-state index in [1.165, 1.54) is 6.07 Å². The smallest absolute Gasteiger partial charge is 0.148 e. The predicted octanol–water partition coefficient (Wildman–Crippen LogP) is 1.90. The van der Waals surface area contributed by atoms with Gasteiger partial charge in [0.05, 0.1) is 30.0 Å². The van der Waals surface area contributed by atoms with Crippen LogP contribution in [0.3, 0.4) is 0 Å². The normalized spacial score (nSPS) is 12.2. The fourth-order valence-electron chi connectivity index (χ4n) is 1.41. The maximum atomic E-state index is 13.7. The van der Waals surface area contributed by atoms with E-state index in [-0.39, 0.29) is 18.2 Å². The molecule has 0 fully saturated rings. The Morgan fingerprint density at radius 1 is 1.44 bits per heavy atom. The molecular formula is C12H18ClFN2O2. The molecule has 0 aliphatic carbocycles. The second-order valence-electron chi connectivity index (χ2n) is 3.77. The van der Waals surface area contributed by atoms with Crippen LogP contribution < -0.4 is 10.6 Å². The van der Waals surface area contributed by atoms with Gasteiger partial charge < -0.3 is 20.5 Å². The summed E-state index contributed by atoms with van der Waals surface area (Å²) in [6.07, 6.45) is -0.710. The van der Waals surface area contributed by atoms with Gasteiger partial charge in [0.2, 0.25) is 0 Å². The highest BCUT2D eigenvalue weighted by Crippen LogP contribution is 2.24. The van der Waals surface area contributed by atoms with Crippen LogP contribution >= 0.6 is 11.6 Å². The van der Waals surface area contributed by atoms with Crippen molar-refractivity contribution in [2.45, 2.75) is 6.10 Å². The van der Waals surface area contributed by atoms with Gasteiger partial charge >= 0.3 is 0 Å². The van der Waals surface area contributed by atoms with E-state index in [2.05, 4.69) is 10.6 Å². The van der Waals surface area contributed by atoms with Gasteiger partial charge in [-0.25, -0.2) is 4.39 Å². The summed E-state index contributed by atoms with van der Waals surface area (Å²) in [5, 5.41) is 15.3. The molecule has 18 heavy (non-hydrogen) atoms. The van der Waals surface area contributed by atoms with Crippen molar-refractivity contribution in [1.82, 2.24) is 0 Å². The largest absolute Gasteiger partial charge is 0.390 e. The van der Waals surface area contributed by atoms with Crippen molar-refractivity contribution < 1.29 is 14.2 Å². The standard InChI is InChI=1S/C12H18ClFN2O2/c1-18-6-5-15-11-4-2-3-10(14)12(11)16-8-9(17)7-13/h2-4,9,15-17H,5-8H2,1H3. The average Bonchev–Trinajstić information content (AvgIpc) is 2.38. The summed E-state index contributed by atoms with van der Waals surface area (Å²) in [4.78, 5) is 0. The molecule has 6 heteroatoms. The van der Waals surface area contributed by atoms with Crippen LogP contribution in [0.2, 0.25) is 0 Å². The van der Waals surface area contributed by atoms with Gasteiger partial charge in [0.15, 0.2) is 0 Å². The molecule has 0 aliphatic heterocycles. The van der Waals surface area contributed by atoms with E-state index in [1.54, 1.807) is 19.2 Å². The highest BCUT2D eigenvalue weighted by Gasteiger charge is 2.09. The van der Waals surface area contributed by atoms with Crippen LogP contribution in [0, 0.1) is 5.82 Å². The number of benzene rings is 1. The Kier molecular flexibility index (Phi) is 6.78. The first-order chi connectivity index (χ1) is 8.69. The molecule has 0 bridgehead atoms. The van der Waals surface area contributed by atoms with Crippen molar-refractivity contribution in [3.8, 4) is 0 Å². The first kappa shape index (κ1) is 15.0. The number of para-hydroxylation sites is 1. The minimum absolute atomic E-state index is 0.105. The van der Waals surface area contributed by atoms with Crippen LogP contribution in [-0.4, -0.2) is 43.9 Å². The number of methoxy groups -OCH3 is 1. The minimum Gasteiger partial charge on any atom is -0.390 e. The van der Waals surface area contributed by atoms with Gasteiger partial charge in [-0.05, 0) is 12.1 Å². The van der Waals surface area contributed by atoms with Crippen LogP contribution in [0.5, 0.6) is 0 Å². The van der Waals surface area contributed by atoms with Gasteiger partial charge in [-0.3, -0.25) is 0 Å². The number of hydrogen-bond donors (Lipinski definition) is 3. The molecule has 4 nitrogen and oxygen atoms in total. The third-order valence-electron chi connectivity index (χ3n) is 2.33. The second-order valence-corrected chi connectivity index (χ2v) is 4.08.